The van der Waals surface area contributed by atoms with Gasteiger partial charge in [-0.05, 0) is 30.7 Å². The Morgan fingerprint density at radius 2 is 2.12 bits per heavy atom. The summed E-state index contributed by atoms with van der Waals surface area (Å²) in [7, 11) is -4.35. The van der Waals surface area contributed by atoms with Crippen molar-refractivity contribution < 1.29 is 22.5 Å². The van der Waals surface area contributed by atoms with Crippen molar-refractivity contribution in [3.05, 3.63) is 28.2 Å². The van der Waals surface area contributed by atoms with Gasteiger partial charge in [-0.2, -0.15) is 8.42 Å². The summed E-state index contributed by atoms with van der Waals surface area (Å²) in [6.07, 6.45) is 0. The number of hydrogen-bond acceptors (Lipinski definition) is 4. The molecule has 1 aromatic rings. The van der Waals surface area contributed by atoms with E-state index in [1.54, 1.807) is 19.1 Å². The molecule has 88 valence electrons. The second kappa shape index (κ2) is 4.94. The molecule has 0 aliphatic carbocycles. The molecule has 0 saturated heterocycles. The van der Waals surface area contributed by atoms with Crippen molar-refractivity contribution in [3.8, 4) is 5.75 Å². The molecule has 1 rings (SSSR count). The van der Waals surface area contributed by atoms with E-state index in [0.717, 1.165) is 4.47 Å². The maximum atomic E-state index is 11.1. The van der Waals surface area contributed by atoms with Crippen LogP contribution in [0.3, 0.4) is 0 Å². The fourth-order valence-corrected chi connectivity index (χ4v) is 1.86. The Morgan fingerprint density at radius 3 is 2.62 bits per heavy atom. The molecule has 0 unspecified atom stereocenters. The zero-order valence-corrected chi connectivity index (χ0v) is 10.7. The number of rotatable bonds is 3. The topological polar surface area (TPSA) is 80.7 Å². The van der Waals surface area contributed by atoms with Gasteiger partial charge in [-0.25, -0.2) is 0 Å². The van der Waals surface area contributed by atoms with Crippen LogP contribution in [0.15, 0.2) is 22.7 Å². The number of halogens is 1. The molecule has 0 aromatic heterocycles. The number of esters is 1. The van der Waals surface area contributed by atoms with Gasteiger partial charge in [-0.1, -0.05) is 15.9 Å². The predicted molar refractivity (Wildman–Crippen MR) is 60.9 cm³/mol. The first kappa shape index (κ1) is 13.1. The average molecular weight is 309 g/mol. The number of hydrogen-bond donors (Lipinski definition) is 1. The van der Waals surface area contributed by atoms with Crippen LogP contribution in [0.25, 0.3) is 0 Å². The molecule has 7 heteroatoms. The summed E-state index contributed by atoms with van der Waals surface area (Å²) in [5.41, 5.74) is 0.679. The minimum Gasteiger partial charge on any atom is -0.425 e. The summed E-state index contributed by atoms with van der Waals surface area (Å²) >= 11 is 3.23. The molecule has 0 amide bonds. The van der Waals surface area contributed by atoms with Gasteiger partial charge in [0.2, 0.25) is 0 Å². The van der Waals surface area contributed by atoms with Crippen LogP contribution in [-0.4, -0.2) is 24.7 Å². The summed E-state index contributed by atoms with van der Waals surface area (Å²) < 4.78 is 34.9. The molecular formula is C9H9BrO5S. The van der Waals surface area contributed by atoms with E-state index < -0.39 is 21.8 Å². The monoisotopic (exact) mass is 308 g/mol. The van der Waals surface area contributed by atoms with E-state index in [1.807, 2.05) is 0 Å². The number of ether oxygens (including phenoxy) is 1. The fraction of sp³-hybridized carbons (Fsp3) is 0.222. The van der Waals surface area contributed by atoms with E-state index in [2.05, 4.69) is 15.9 Å². The molecule has 16 heavy (non-hydrogen) atoms. The Kier molecular flexibility index (Phi) is 4.06. The van der Waals surface area contributed by atoms with Gasteiger partial charge >= 0.3 is 5.97 Å². The molecule has 0 spiro atoms. The first-order valence-electron chi connectivity index (χ1n) is 4.20. The van der Waals surface area contributed by atoms with Crippen molar-refractivity contribution in [2.75, 3.05) is 5.75 Å². The highest BCUT2D eigenvalue weighted by Crippen LogP contribution is 2.22. The van der Waals surface area contributed by atoms with Crippen LogP contribution in [0.4, 0.5) is 0 Å². The normalized spacial score (nSPS) is 11.2. The van der Waals surface area contributed by atoms with Crippen LogP contribution < -0.4 is 4.74 Å². The Labute approximate surface area is 101 Å². The molecule has 1 aromatic carbocycles. The van der Waals surface area contributed by atoms with E-state index in [4.69, 9.17) is 9.29 Å². The molecule has 0 aliphatic rings. The number of carbonyl (C=O) groups excluding carboxylic acids is 1. The average Bonchev–Trinajstić information content (AvgIpc) is 2.06. The minimum atomic E-state index is -4.35. The highest BCUT2D eigenvalue weighted by molar-refractivity contribution is 9.10. The molecular weight excluding hydrogens is 300 g/mol. The van der Waals surface area contributed by atoms with Crippen molar-refractivity contribution >= 4 is 32.0 Å². The zero-order valence-electron chi connectivity index (χ0n) is 8.31. The lowest BCUT2D eigenvalue weighted by Crippen LogP contribution is -2.20. The molecule has 0 heterocycles. The van der Waals surface area contributed by atoms with Crippen LogP contribution in [0, 0.1) is 6.92 Å². The van der Waals surface area contributed by atoms with Crippen molar-refractivity contribution in [3.63, 3.8) is 0 Å². The molecule has 0 atom stereocenters. The Bertz CT molecular complexity index is 509. The molecule has 5 nitrogen and oxygen atoms in total. The van der Waals surface area contributed by atoms with E-state index >= 15 is 0 Å². The lowest BCUT2D eigenvalue weighted by molar-refractivity contribution is -0.131. The lowest BCUT2D eigenvalue weighted by atomic mass is 10.2. The third-order valence-corrected chi connectivity index (χ3v) is 2.75. The molecule has 0 fully saturated rings. The van der Waals surface area contributed by atoms with E-state index in [1.165, 1.54) is 6.07 Å². The van der Waals surface area contributed by atoms with Crippen LogP contribution in [-0.2, 0) is 14.9 Å². The molecule has 0 aliphatic heterocycles. The lowest BCUT2D eigenvalue weighted by Gasteiger charge is -2.06. The Balaban J connectivity index is 2.78. The summed E-state index contributed by atoms with van der Waals surface area (Å²) in [5, 5.41) is 0. The van der Waals surface area contributed by atoms with E-state index in [-0.39, 0.29) is 5.75 Å². The van der Waals surface area contributed by atoms with Crippen LogP contribution in [0.5, 0.6) is 5.75 Å². The van der Waals surface area contributed by atoms with Gasteiger partial charge in [-0.15, -0.1) is 0 Å². The first-order chi connectivity index (χ1) is 7.28. The molecule has 0 bridgehead atoms. The standard InChI is InChI=1S/C9H9BrO5S/c1-6-4-7(10)2-3-8(6)15-9(11)5-16(12,13)14/h2-4H,5H2,1H3,(H,12,13,14). The molecule has 0 saturated carbocycles. The predicted octanol–water partition coefficient (Wildman–Crippen LogP) is 1.55. The second-order valence-corrected chi connectivity index (χ2v) is 5.48. The fourth-order valence-electron chi connectivity index (χ4n) is 1.03. The second-order valence-electron chi connectivity index (χ2n) is 3.11. The number of carbonyl (C=O) groups is 1. The van der Waals surface area contributed by atoms with E-state index in [0.29, 0.717) is 5.56 Å². The van der Waals surface area contributed by atoms with Gasteiger partial charge < -0.3 is 4.74 Å². The largest absolute Gasteiger partial charge is 0.425 e. The van der Waals surface area contributed by atoms with Crippen molar-refractivity contribution in [2.45, 2.75) is 6.92 Å². The minimum absolute atomic E-state index is 0.261. The maximum absolute atomic E-state index is 11.1. The highest BCUT2D eigenvalue weighted by atomic mass is 79.9. The Morgan fingerprint density at radius 1 is 1.50 bits per heavy atom. The third kappa shape index (κ3) is 4.30. The van der Waals surface area contributed by atoms with Crippen LogP contribution in [0.1, 0.15) is 5.56 Å². The summed E-state index contributed by atoms with van der Waals surface area (Å²) in [6.45, 7) is 1.71. The van der Waals surface area contributed by atoms with E-state index in [9.17, 15) is 13.2 Å². The summed E-state index contributed by atoms with van der Waals surface area (Å²) in [6, 6.07) is 4.90. The van der Waals surface area contributed by atoms with Gasteiger partial charge in [0.25, 0.3) is 10.1 Å². The van der Waals surface area contributed by atoms with Crippen LogP contribution >= 0.6 is 15.9 Å². The smallest absolute Gasteiger partial charge is 0.329 e. The van der Waals surface area contributed by atoms with Gasteiger partial charge in [0.05, 0.1) is 0 Å². The van der Waals surface area contributed by atoms with Gasteiger partial charge in [0.15, 0.2) is 5.75 Å². The molecule has 0 radical (unpaired) electrons. The van der Waals surface area contributed by atoms with Crippen molar-refractivity contribution in [2.24, 2.45) is 0 Å². The molecule has 1 N–H and O–H groups in total. The van der Waals surface area contributed by atoms with Crippen molar-refractivity contribution in [1.29, 1.82) is 0 Å². The third-order valence-electron chi connectivity index (χ3n) is 1.66. The highest BCUT2D eigenvalue weighted by Gasteiger charge is 2.15. The first-order valence-corrected chi connectivity index (χ1v) is 6.60. The van der Waals surface area contributed by atoms with Gasteiger partial charge in [0, 0.05) is 4.47 Å². The number of benzene rings is 1. The maximum Gasteiger partial charge on any atom is 0.329 e. The van der Waals surface area contributed by atoms with Gasteiger partial charge in [-0.3, -0.25) is 9.35 Å². The summed E-state index contributed by atoms with van der Waals surface area (Å²) in [5.74, 6) is -1.81. The number of aryl methyl sites for hydroxylation is 1. The van der Waals surface area contributed by atoms with Crippen molar-refractivity contribution in [1.82, 2.24) is 0 Å². The SMILES string of the molecule is Cc1cc(Br)ccc1OC(=O)CS(=O)(=O)O. The van der Waals surface area contributed by atoms with Crippen LogP contribution in [0.2, 0.25) is 0 Å². The Hall–Kier alpha value is -0.920. The van der Waals surface area contributed by atoms with Gasteiger partial charge in [0.1, 0.15) is 5.75 Å². The zero-order chi connectivity index (χ0) is 12.3. The quantitative estimate of drug-likeness (QED) is 0.520. The summed E-state index contributed by atoms with van der Waals surface area (Å²) in [4.78, 5) is 11.1.